The maximum atomic E-state index is 5.80. The fourth-order valence-corrected chi connectivity index (χ4v) is 1.79. The lowest BCUT2D eigenvalue weighted by Crippen LogP contribution is -1.94. The molecular weight excluding hydrogens is 194 g/mol. The van der Waals surface area contributed by atoms with Gasteiger partial charge in [-0.25, -0.2) is 0 Å². The first-order chi connectivity index (χ1) is 7.79. The SMILES string of the molecule is C=Cc1ccc(N)cc1Cc1ccccc1. The van der Waals surface area contributed by atoms with Crippen molar-refractivity contribution in [3.63, 3.8) is 0 Å². The van der Waals surface area contributed by atoms with Gasteiger partial charge in [0.15, 0.2) is 0 Å². The van der Waals surface area contributed by atoms with E-state index in [0.717, 1.165) is 17.7 Å². The smallest absolute Gasteiger partial charge is 0.0317 e. The molecular formula is C15H15N. The van der Waals surface area contributed by atoms with Crippen LogP contribution in [-0.4, -0.2) is 0 Å². The molecule has 0 bridgehead atoms. The first-order valence-electron chi connectivity index (χ1n) is 5.34. The number of nitrogen functional groups attached to an aromatic ring is 1. The van der Waals surface area contributed by atoms with Crippen molar-refractivity contribution in [2.45, 2.75) is 6.42 Å². The summed E-state index contributed by atoms with van der Waals surface area (Å²) in [7, 11) is 0. The van der Waals surface area contributed by atoms with Crippen LogP contribution in [0.4, 0.5) is 5.69 Å². The Morgan fingerprint density at radius 3 is 2.50 bits per heavy atom. The summed E-state index contributed by atoms with van der Waals surface area (Å²) in [6, 6.07) is 16.3. The summed E-state index contributed by atoms with van der Waals surface area (Å²) in [6.07, 6.45) is 2.77. The zero-order valence-corrected chi connectivity index (χ0v) is 9.19. The van der Waals surface area contributed by atoms with Gasteiger partial charge in [-0.05, 0) is 35.2 Å². The summed E-state index contributed by atoms with van der Waals surface area (Å²) in [5, 5.41) is 0. The Hall–Kier alpha value is -2.02. The van der Waals surface area contributed by atoms with Crippen molar-refractivity contribution in [3.05, 3.63) is 71.8 Å². The number of anilines is 1. The molecule has 0 aliphatic rings. The zero-order valence-electron chi connectivity index (χ0n) is 9.19. The average Bonchev–Trinajstić information content (AvgIpc) is 2.31. The predicted molar refractivity (Wildman–Crippen MR) is 70.2 cm³/mol. The number of nitrogens with two attached hydrogens (primary N) is 1. The van der Waals surface area contributed by atoms with Gasteiger partial charge in [0.25, 0.3) is 0 Å². The summed E-state index contributed by atoms with van der Waals surface area (Å²) in [5.41, 5.74) is 10.3. The Kier molecular flexibility index (Phi) is 3.06. The Balaban J connectivity index is 2.33. The first kappa shape index (κ1) is 10.5. The minimum absolute atomic E-state index is 0.802. The van der Waals surface area contributed by atoms with Gasteiger partial charge >= 0.3 is 0 Å². The van der Waals surface area contributed by atoms with E-state index in [1.54, 1.807) is 0 Å². The zero-order chi connectivity index (χ0) is 11.4. The van der Waals surface area contributed by atoms with Crippen LogP contribution in [0.25, 0.3) is 6.08 Å². The summed E-state index contributed by atoms with van der Waals surface area (Å²) in [6.45, 7) is 3.82. The highest BCUT2D eigenvalue weighted by Gasteiger charge is 2.01. The average molecular weight is 209 g/mol. The second-order valence-corrected chi connectivity index (χ2v) is 3.82. The van der Waals surface area contributed by atoms with E-state index in [-0.39, 0.29) is 0 Å². The molecule has 80 valence electrons. The Labute approximate surface area is 96.2 Å². The minimum atomic E-state index is 0.802. The Bertz CT molecular complexity index is 486. The fourth-order valence-electron chi connectivity index (χ4n) is 1.79. The fraction of sp³-hybridized carbons (Fsp3) is 0.0667. The number of rotatable bonds is 3. The monoisotopic (exact) mass is 209 g/mol. The summed E-state index contributed by atoms with van der Waals surface area (Å²) >= 11 is 0. The van der Waals surface area contributed by atoms with Crippen LogP contribution in [0.5, 0.6) is 0 Å². The molecule has 0 unspecified atom stereocenters. The van der Waals surface area contributed by atoms with Gasteiger partial charge in [0.1, 0.15) is 0 Å². The molecule has 16 heavy (non-hydrogen) atoms. The topological polar surface area (TPSA) is 26.0 Å². The lowest BCUT2D eigenvalue weighted by atomic mass is 9.99. The lowest BCUT2D eigenvalue weighted by molar-refractivity contribution is 1.19. The quantitative estimate of drug-likeness (QED) is 0.769. The molecule has 0 aromatic heterocycles. The van der Waals surface area contributed by atoms with Gasteiger partial charge in [0.05, 0.1) is 0 Å². The van der Waals surface area contributed by atoms with Gasteiger partial charge in [-0.1, -0.05) is 49.1 Å². The van der Waals surface area contributed by atoms with E-state index < -0.39 is 0 Å². The van der Waals surface area contributed by atoms with Gasteiger partial charge in [-0.3, -0.25) is 0 Å². The standard InChI is InChI=1S/C15H15N/c1-2-13-8-9-15(16)11-14(13)10-12-6-4-3-5-7-12/h2-9,11H,1,10,16H2. The second kappa shape index (κ2) is 4.67. The van der Waals surface area contributed by atoms with E-state index in [2.05, 4.69) is 30.8 Å². The maximum Gasteiger partial charge on any atom is 0.0317 e. The lowest BCUT2D eigenvalue weighted by Gasteiger charge is -2.07. The van der Waals surface area contributed by atoms with Gasteiger partial charge in [0, 0.05) is 5.69 Å². The molecule has 2 aromatic rings. The van der Waals surface area contributed by atoms with E-state index >= 15 is 0 Å². The third kappa shape index (κ3) is 2.31. The first-order valence-corrected chi connectivity index (χ1v) is 5.34. The highest BCUT2D eigenvalue weighted by Crippen LogP contribution is 2.18. The Morgan fingerprint density at radius 1 is 1.06 bits per heavy atom. The van der Waals surface area contributed by atoms with Crippen LogP contribution >= 0.6 is 0 Å². The highest BCUT2D eigenvalue weighted by molar-refractivity contribution is 5.58. The maximum absolute atomic E-state index is 5.80. The number of hydrogen-bond acceptors (Lipinski definition) is 1. The van der Waals surface area contributed by atoms with Crippen molar-refractivity contribution >= 4 is 11.8 Å². The molecule has 1 nitrogen and oxygen atoms in total. The number of hydrogen-bond donors (Lipinski definition) is 1. The van der Waals surface area contributed by atoms with Crippen molar-refractivity contribution < 1.29 is 0 Å². The van der Waals surface area contributed by atoms with Crippen LogP contribution in [0.2, 0.25) is 0 Å². The number of benzene rings is 2. The van der Waals surface area contributed by atoms with E-state index in [0.29, 0.717) is 0 Å². The molecule has 0 saturated heterocycles. The Morgan fingerprint density at radius 2 is 1.81 bits per heavy atom. The molecule has 0 radical (unpaired) electrons. The van der Waals surface area contributed by atoms with Crippen LogP contribution < -0.4 is 5.73 Å². The minimum Gasteiger partial charge on any atom is -0.399 e. The van der Waals surface area contributed by atoms with Crippen molar-refractivity contribution in [2.24, 2.45) is 0 Å². The summed E-state index contributed by atoms with van der Waals surface area (Å²) in [5.74, 6) is 0. The largest absolute Gasteiger partial charge is 0.399 e. The van der Waals surface area contributed by atoms with E-state index in [9.17, 15) is 0 Å². The van der Waals surface area contributed by atoms with Crippen molar-refractivity contribution in [1.29, 1.82) is 0 Å². The molecule has 0 aliphatic carbocycles. The van der Waals surface area contributed by atoms with Gasteiger partial charge in [0.2, 0.25) is 0 Å². The van der Waals surface area contributed by atoms with Crippen molar-refractivity contribution in [1.82, 2.24) is 0 Å². The molecule has 1 heteroatoms. The molecule has 0 saturated carbocycles. The third-order valence-electron chi connectivity index (χ3n) is 2.62. The van der Waals surface area contributed by atoms with Crippen molar-refractivity contribution in [3.8, 4) is 0 Å². The van der Waals surface area contributed by atoms with Gasteiger partial charge in [-0.2, -0.15) is 0 Å². The second-order valence-electron chi connectivity index (χ2n) is 3.82. The van der Waals surface area contributed by atoms with Gasteiger partial charge in [-0.15, -0.1) is 0 Å². The third-order valence-corrected chi connectivity index (χ3v) is 2.62. The van der Waals surface area contributed by atoms with E-state index in [1.165, 1.54) is 11.1 Å². The van der Waals surface area contributed by atoms with Crippen LogP contribution in [0.1, 0.15) is 16.7 Å². The molecule has 0 atom stereocenters. The molecule has 2 rings (SSSR count). The molecule has 0 amide bonds. The molecule has 2 N–H and O–H groups in total. The van der Waals surface area contributed by atoms with Gasteiger partial charge < -0.3 is 5.73 Å². The van der Waals surface area contributed by atoms with Crippen LogP contribution in [0.15, 0.2) is 55.1 Å². The summed E-state index contributed by atoms with van der Waals surface area (Å²) < 4.78 is 0. The highest BCUT2D eigenvalue weighted by atomic mass is 14.5. The molecule has 0 fully saturated rings. The molecule has 2 aromatic carbocycles. The van der Waals surface area contributed by atoms with Crippen LogP contribution in [-0.2, 0) is 6.42 Å². The molecule has 0 aliphatic heterocycles. The molecule has 0 heterocycles. The summed E-state index contributed by atoms with van der Waals surface area (Å²) in [4.78, 5) is 0. The van der Waals surface area contributed by atoms with E-state index in [1.807, 2.05) is 30.3 Å². The van der Waals surface area contributed by atoms with Crippen molar-refractivity contribution in [2.75, 3.05) is 5.73 Å². The predicted octanol–water partition coefficient (Wildman–Crippen LogP) is 3.50. The van der Waals surface area contributed by atoms with E-state index in [4.69, 9.17) is 5.73 Å². The van der Waals surface area contributed by atoms with Crippen LogP contribution in [0.3, 0.4) is 0 Å². The van der Waals surface area contributed by atoms with Crippen LogP contribution in [0, 0.1) is 0 Å². The normalized spacial score (nSPS) is 10.0. The molecule has 0 spiro atoms.